The molecule has 4 rings (SSSR count). The minimum atomic E-state index is -5.07. The van der Waals surface area contributed by atoms with Crippen molar-refractivity contribution >= 4 is 15.7 Å². The number of alkyl halides is 3. The summed E-state index contributed by atoms with van der Waals surface area (Å²) in [5, 5.41) is 8.14. The Balaban J connectivity index is 1.69. The average molecular weight is 472 g/mol. The summed E-state index contributed by atoms with van der Waals surface area (Å²) >= 11 is 0. The molecule has 0 fully saturated rings. The van der Waals surface area contributed by atoms with Crippen LogP contribution in [0.1, 0.15) is 30.7 Å². The molecule has 0 bridgehead atoms. The van der Waals surface area contributed by atoms with Gasteiger partial charge in [0.25, 0.3) is 10.0 Å². The number of aryl methyl sites for hydroxylation is 1. The minimum Gasteiger partial charge on any atom is -0.311 e. The number of sulfonamides is 1. The van der Waals surface area contributed by atoms with Crippen LogP contribution in [0.15, 0.2) is 41.3 Å². The number of nitrogens with zero attached hydrogens (tertiary/aromatic N) is 3. The minimum absolute atomic E-state index is 0.000867. The third-order valence-electron chi connectivity index (χ3n) is 5.12. The molecule has 0 radical (unpaired) electrons. The molecule has 0 aliphatic carbocycles. The predicted molar refractivity (Wildman–Crippen MR) is 105 cm³/mol. The largest absolute Gasteiger partial charge is 0.419 e. The molecule has 6 nitrogen and oxygen atoms in total. The fourth-order valence-corrected chi connectivity index (χ4v) is 4.62. The summed E-state index contributed by atoms with van der Waals surface area (Å²) in [4.78, 5) is -0.784. The van der Waals surface area contributed by atoms with E-state index < -0.39 is 38.3 Å². The molecular formula is C20H17F5N4O2S. The van der Waals surface area contributed by atoms with Gasteiger partial charge < -0.3 is 4.57 Å². The van der Waals surface area contributed by atoms with Crippen LogP contribution < -0.4 is 4.72 Å². The van der Waals surface area contributed by atoms with E-state index in [0.29, 0.717) is 24.9 Å². The summed E-state index contributed by atoms with van der Waals surface area (Å²) in [5.41, 5.74) is -1.79. The first-order valence-electron chi connectivity index (χ1n) is 9.68. The lowest BCUT2D eigenvalue weighted by Crippen LogP contribution is -2.16. The molecule has 2 aromatic carbocycles. The number of aromatic nitrogens is 3. The second-order valence-electron chi connectivity index (χ2n) is 7.34. The lowest BCUT2D eigenvalue weighted by Gasteiger charge is -2.13. The number of nitrogens with one attached hydrogen (secondary N) is 1. The lowest BCUT2D eigenvalue weighted by atomic mass is 10.1. The van der Waals surface area contributed by atoms with Gasteiger partial charge in [-0.3, -0.25) is 4.72 Å². The summed E-state index contributed by atoms with van der Waals surface area (Å²) in [6.45, 7) is 0.586. The van der Waals surface area contributed by atoms with Crippen molar-refractivity contribution in [1.29, 1.82) is 0 Å². The van der Waals surface area contributed by atoms with E-state index in [0.717, 1.165) is 37.5 Å². The van der Waals surface area contributed by atoms with Gasteiger partial charge in [0.2, 0.25) is 0 Å². The van der Waals surface area contributed by atoms with E-state index in [2.05, 4.69) is 14.9 Å². The highest BCUT2D eigenvalue weighted by Crippen LogP contribution is 2.33. The van der Waals surface area contributed by atoms with Crippen molar-refractivity contribution in [3.8, 4) is 11.4 Å². The van der Waals surface area contributed by atoms with Gasteiger partial charge in [-0.25, -0.2) is 17.2 Å². The number of anilines is 1. The Morgan fingerprint density at radius 1 is 0.938 bits per heavy atom. The van der Waals surface area contributed by atoms with Crippen molar-refractivity contribution in [3.63, 3.8) is 0 Å². The van der Waals surface area contributed by atoms with E-state index >= 15 is 0 Å². The standard InChI is InChI=1S/C20H17F5N4O2S/c21-16-7-5-12(10-14(16)19-27-26-18-4-2-1-3-9-29(18)19)28-32(30,31)13-6-8-17(22)15(11-13)20(23,24)25/h5-8,10-11,28H,1-4,9H2. The second-order valence-corrected chi connectivity index (χ2v) is 9.02. The average Bonchev–Trinajstić information content (AvgIpc) is 2.96. The van der Waals surface area contributed by atoms with E-state index in [1.54, 1.807) is 4.57 Å². The van der Waals surface area contributed by atoms with Gasteiger partial charge in [-0.2, -0.15) is 13.2 Å². The molecule has 3 aromatic rings. The first-order chi connectivity index (χ1) is 15.1. The molecule has 0 saturated heterocycles. The van der Waals surface area contributed by atoms with Crippen LogP contribution in [0.3, 0.4) is 0 Å². The van der Waals surface area contributed by atoms with Crippen LogP contribution in [0.5, 0.6) is 0 Å². The maximum Gasteiger partial charge on any atom is 0.419 e. The van der Waals surface area contributed by atoms with Crippen LogP contribution in [0.4, 0.5) is 27.6 Å². The number of hydrogen-bond donors (Lipinski definition) is 1. The maximum atomic E-state index is 14.6. The van der Waals surface area contributed by atoms with Crippen molar-refractivity contribution in [2.24, 2.45) is 0 Å². The number of benzene rings is 2. The van der Waals surface area contributed by atoms with Gasteiger partial charge in [0.15, 0.2) is 5.82 Å². The number of fused-ring (bicyclic) bond motifs is 1. The first-order valence-corrected chi connectivity index (χ1v) is 11.2. The van der Waals surface area contributed by atoms with Gasteiger partial charge in [0.1, 0.15) is 17.5 Å². The Morgan fingerprint density at radius 2 is 1.69 bits per heavy atom. The highest BCUT2D eigenvalue weighted by atomic mass is 32.2. The smallest absolute Gasteiger partial charge is 0.311 e. The van der Waals surface area contributed by atoms with E-state index in [1.807, 2.05) is 0 Å². The van der Waals surface area contributed by atoms with Crippen LogP contribution in [0.25, 0.3) is 11.4 Å². The van der Waals surface area contributed by atoms with Gasteiger partial charge in [-0.1, -0.05) is 6.42 Å². The molecule has 0 atom stereocenters. The van der Waals surface area contributed by atoms with Crippen molar-refractivity contribution < 1.29 is 30.4 Å². The van der Waals surface area contributed by atoms with Crippen LogP contribution in [0.2, 0.25) is 0 Å². The molecule has 170 valence electrons. The fourth-order valence-electron chi connectivity index (χ4n) is 3.55. The topological polar surface area (TPSA) is 76.9 Å². The highest BCUT2D eigenvalue weighted by Gasteiger charge is 2.35. The first kappa shape index (κ1) is 22.2. The molecule has 12 heteroatoms. The zero-order valence-corrected chi connectivity index (χ0v) is 17.3. The quantitative estimate of drug-likeness (QED) is 0.555. The third-order valence-corrected chi connectivity index (χ3v) is 6.50. The molecule has 32 heavy (non-hydrogen) atoms. The SMILES string of the molecule is O=S(=O)(Nc1ccc(F)c(-c2nnc3n2CCCCC3)c1)c1ccc(F)c(C(F)(F)F)c1. The van der Waals surface area contributed by atoms with Crippen molar-refractivity contribution in [3.05, 3.63) is 59.4 Å². The van der Waals surface area contributed by atoms with Crippen LogP contribution >= 0.6 is 0 Å². The number of rotatable bonds is 4. The van der Waals surface area contributed by atoms with Gasteiger partial charge >= 0.3 is 6.18 Å². The monoisotopic (exact) mass is 472 g/mol. The summed E-state index contributed by atoms with van der Waals surface area (Å²) in [6, 6.07) is 4.71. The highest BCUT2D eigenvalue weighted by molar-refractivity contribution is 7.92. The Kier molecular flexibility index (Phi) is 5.65. The molecule has 1 aliphatic heterocycles. The molecule has 0 spiro atoms. The second kappa shape index (κ2) is 8.15. The number of halogens is 5. The van der Waals surface area contributed by atoms with Gasteiger partial charge in [-0.15, -0.1) is 10.2 Å². The molecule has 1 aromatic heterocycles. The molecule has 1 aliphatic rings. The van der Waals surface area contributed by atoms with Crippen LogP contribution in [0, 0.1) is 11.6 Å². The molecule has 0 amide bonds. The molecule has 0 saturated carbocycles. The van der Waals surface area contributed by atoms with E-state index in [1.165, 1.54) is 6.07 Å². The van der Waals surface area contributed by atoms with Gasteiger partial charge in [0, 0.05) is 18.7 Å². The van der Waals surface area contributed by atoms with Gasteiger partial charge in [-0.05, 0) is 49.2 Å². The fraction of sp³-hybridized carbons (Fsp3) is 0.300. The Bertz CT molecular complexity index is 1270. The normalized spacial score (nSPS) is 14.7. The van der Waals surface area contributed by atoms with Crippen LogP contribution in [-0.2, 0) is 29.2 Å². The summed E-state index contributed by atoms with van der Waals surface area (Å²) in [5.74, 6) is -1.31. The Morgan fingerprint density at radius 3 is 2.44 bits per heavy atom. The van der Waals surface area contributed by atoms with E-state index in [9.17, 15) is 30.4 Å². The number of hydrogen-bond acceptors (Lipinski definition) is 4. The summed E-state index contributed by atoms with van der Waals surface area (Å²) < 4.78 is 96.1. The lowest BCUT2D eigenvalue weighted by molar-refractivity contribution is -0.140. The summed E-state index contributed by atoms with van der Waals surface area (Å²) in [6.07, 6.45) is -1.60. The van der Waals surface area contributed by atoms with Crippen molar-refractivity contribution in [2.45, 2.75) is 43.3 Å². The molecule has 1 N–H and O–H groups in total. The predicted octanol–water partition coefficient (Wildman–Crippen LogP) is 4.77. The Labute approximate surface area is 180 Å². The third kappa shape index (κ3) is 4.31. The van der Waals surface area contributed by atoms with E-state index in [4.69, 9.17) is 0 Å². The van der Waals surface area contributed by atoms with Gasteiger partial charge in [0.05, 0.1) is 16.0 Å². The van der Waals surface area contributed by atoms with Crippen LogP contribution in [-0.4, -0.2) is 23.2 Å². The van der Waals surface area contributed by atoms with E-state index in [-0.39, 0.29) is 23.1 Å². The zero-order chi connectivity index (χ0) is 23.1. The molecule has 0 unspecified atom stereocenters. The Hall–Kier alpha value is -3.02. The molecular weight excluding hydrogens is 455 g/mol. The summed E-state index contributed by atoms with van der Waals surface area (Å²) in [7, 11) is -4.52. The zero-order valence-electron chi connectivity index (χ0n) is 16.5. The van der Waals surface area contributed by atoms with Crippen molar-refractivity contribution in [2.75, 3.05) is 4.72 Å². The maximum absolute atomic E-state index is 14.6. The molecule has 2 heterocycles. The van der Waals surface area contributed by atoms with Crippen molar-refractivity contribution in [1.82, 2.24) is 14.8 Å².